The Kier molecular flexibility index (Phi) is 7.42. The van der Waals surface area contributed by atoms with Crippen molar-refractivity contribution in [2.75, 3.05) is 0 Å². The van der Waals surface area contributed by atoms with Crippen LogP contribution >= 0.6 is 0 Å². The maximum absolute atomic E-state index is 3.81. The highest BCUT2D eigenvalue weighted by molar-refractivity contribution is 5.55. The van der Waals surface area contributed by atoms with E-state index in [2.05, 4.69) is 38.5 Å². The highest BCUT2D eigenvalue weighted by Crippen LogP contribution is 2.29. The Morgan fingerprint density at radius 1 is 0.750 bits per heavy atom. The molecule has 106 valence electrons. The second-order valence-electron chi connectivity index (χ2n) is 5.22. The zero-order valence-corrected chi connectivity index (χ0v) is 12.4. The van der Waals surface area contributed by atoms with Crippen LogP contribution in [0.4, 0.5) is 0 Å². The molecule has 1 aliphatic carbocycles. The molecule has 0 nitrogen and oxygen atoms in total. The molecule has 1 aromatic rings. The summed E-state index contributed by atoms with van der Waals surface area (Å²) >= 11 is 0. The van der Waals surface area contributed by atoms with Crippen LogP contribution < -0.4 is 0 Å². The van der Waals surface area contributed by atoms with Crippen molar-refractivity contribution in [3.8, 4) is 0 Å². The van der Waals surface area contributed by atoms with Gasteiger partial charge in [-0.05, 0) is 54.7 Å². The molecule has 0 saturated heterocycles. The van der Waals surface area contributed by atoms with Crippen LogP contribution in [0.1, 0.15) is 36.8 Å². The second-order valence-corrected chi connectivity index (χ2v) is 5.22. The van der Waals surface area contributed by atoms with E-state index in [0.29, 0.717) is 0 Å². The molecule has 0 aromatic heterocycles. The first kappa shape index (κ1) is 16.2. The summed E-state index contributed by atoms with van der Waals surface area (Å²) in [5.41, 5.74) is 2.27. The minimum Gasteiger partial charge on any atom is -0.103 e. The lowest BCUT2D eigenvalue weighted by Gasteiger charge is -2.23. The highest BCUT2D eigenvalue weighted by Gasteiger charge is 2.15. The fourth-order valence-electron chi connectivity index (χ4n) is 2.43. The van der Waals surface area contributed by atoms with Gasteiger partial charge in [0.2, 0.25) is 0 Å². The molecular formula is C20H26. The number of rotatable bonds is 4. The lowest BCUT2D eigenvalue weighted by Crippen LogP contribution is -2.10. The summed E-state index contributed by atoms with van der Waals surface area (Å²) in [7, 11) is 0. The van der Waals surface area contributed by atoms with E-state index in [0.717, 1.165) is 23.0 Å². The summed E-state index contributed by atoms with van der Waals surface area (Å²) in [6.45, 7) is 15.0. The molecule has 0 amide bonds. The van der Waals surface area contributed by atoms with Crippen LogP contribution in [0.25, 0.3) is 12.2 Å². The lowest BCUT2D eigenvalue weighted by molar-refractivity contribution is 0.357. The monoisotopic (exact) mass is 266 g/mol. The van der Waals surface area contributed by atoms with Gasteiger partial charge in [0.1, 0.15) is 0 Å². The van der Waals surface area contributed by atoms with Crippen molar-refractivity contribution in [2.24, 2.45) is 11.8 Å². The van der Waals surface area contributed by atoms with E-state index in [9.17, 15) is 0 Å². The average Bonchev–Trinajstić information content (AvgIpc) is 2.55. The van der Waals surface area contributed by atoms with E-state index in [-0.39, 0.29) is 0 Å². The van der Waals surface area contributed by atoms with Crippen molar-refractivity contribution >= 4 is 12.2 Å². The Labute approximate surface area is 124 Å². The smallest absolute Gasteiger partial charge is 0.0236 e. The summed E-state index contributed by atoms with van der Waals surface area (Å²) in [5, 5.41) is 0. The third-order valence-electron chi connectivity index (χ3n) is 3.87. The van der Waals surface area contributed by atoms with Crippen molar-refractivity contribution in [2.45, 2.75) is 25.7 Å². The number of hydrogen-bond donors (Lipinski definition) is 0. The SMILES string of the molecule is C=CC1CCC(C=C)CC1.C=Cc1cccc(C=C)c1. The van der Waals surface area contributed by atoms with Gasteiger partial charge in [0.15, 0.2) is 0 Å². The molecule has 0 spiro atoms. The zero-order valence-electron chi connectivity index (χ0n) is 12.4. The van der Waals surface area contributed by atoms with Crippen LogP contribution in [0.5, 0.6) is 0 Å². The first-order chi connectivity index (χ1) is 9.73. The van der Waals surface area contributed by atoms with Gasteiger partial charge in [-0.3, -0.25) is 0 Å². The quantitative estimate of drug-likeness (QED) is 0.574. The van der Waals surface area contributed by atoms with Gasteiger partial charge >= 0.3 is 0 Å². The molecule has 0 radical (unpaired) electrons. The van der Waals surface area contributed by atoms with E-state index in [4.69, 9.17) is 0 Å². The summed E-state index contributed by atoms with van der Waals surface area (Å²) in [6, 6.07) is 8.06. The van der Waals surface area contributed by atoms with Crippen LogP contribution in [-0.4, -0.2) is 0 Å². The third-order valence-corrected chi connectivity index (χ3v) is 3.87. The molecule has 0 heterocycles. The van der Waals surface area contributed by atoms with Gasteiger partial charge in [0.05, 0.1) is 0 Å². The normalized spacial score (nSPS) is 21.0. The zero-order chi connectivity index (χ0) is 14.8. The van der Waals surface area contributed by atoms with Gasteiger partial charge in [0, 0.05) is 0 Å². The standard InChI is InChI=1S/C10H16.C10H10/c1-3-9-5-7-10(4-2)8-6-9;1-3-9-6-5-7-10(4-2)8-9/h3-4,9-10H,1-2,5-8H2;3-8H,1-2H2. The highest BCUT2D eigenvalue weighted by atomic mass is 14.2. The van der Waals surface area contributed by atoms with Crippen molar-refractivity contribution in [1.29, 1.82) is 0 Å². The summed E-state index contributed by atoms with van der Waals surface area (Å²) in [5.74, 6) is 1.58. The number of benzene rings is 1. The largest absolute Gasteiger partial charge is 0.103 e. The molecule has 0 unspecified atom stereocenters. The van der Waals surface area contributed by atoms with Crippen molar-refractivity contribution in [3.63, 3.8) is 0 Å². The van der Waals surface area contributed by atoms with Crippen LogP contribution in [0.3, 0.4) is 0 Å². The molecule has 0 aliphatic heterocycles. The third kappa shape index (κ3) is 5.44. The average molecular weight is 266 g/mol. The van der Waals surface area contributed by atoms with Gasteiger partial charge in [0.25, 0.3) is 0 Å². The Bertz CT molecular complexity index is 406. The number of hydrogen-bond acceptors (Lipinski definition) is 0. The maximum atomic E-state index is 3.81. The minimum absolute atomic E-state index is 0.788. The molecule has 1 aromatic carbocycles. The van der Waals surface area contributed by atoms with Crippen molar-refractivity contribution in [1.82, 2.24) is 0 Å². The first-order valence-electron chi connectivity index (χ1n) is 7.33. The lowest BCUT2D eigenvalue weighted by atomic mass is 9.82. The van der Waals surface area contributed by atoms with Gasteiger partial charge in [-0.1, -0.05) is 55.7 Å². The van der Waals surface area contributed by atoms with E-state index in [1.807, 2.05) is 36.4 Å². The topological polar surface area (TPSA) is 0 Å². The molecule has 0 heteroatoms. The van der Waals surface area contributed by atoms with E-state index < -0.39 is 0 Å². The van der Waals surface area contributed by atoms with Gasteiger partial charge in [-0.25, -0.2) is 0 Å². The van der Waals surface area contributed by atoms with E-state index in [1.54, 1.807) is 0 Å². The number of allylic oxidation sites excluding steroid dienone is 2. The summed E-state index contributed by atoms with van der Waals surface area (Å²) in [6.07, 6.45) is 13.1. The molecule has 0 bridgehead atoms. The van der Waals surface area contributed by atoms with Gasteiger partial charge in [-0.2, -0.15) is 0 Å². The van der Waals surface area contributed by atoms with Gasteiger partial charge < -0.3 is 0 Å². The molecule has 1 fully saturated rings. The fourth-order valence-corrected chi connectivity index (χ4v) is 2.43. The molecular weight excluding hydrogens is 240 g/mol. The summed E-state index contributed by atoms with van der Waals surface area (Å²) in [4.78, 5) is 0. The molecule has 0 N–H and O–H groups in total. The summed E-state index contributed by atoms with van der Waals surface area (Å²) < 4.78 is 0. The Hall–Kier alpha value is -1.82. The van der Waals surface area contributed by atoms with Crippen molar-refractivity contribution in [3.05, 3.63) is 73.9 Å². The molecule has 1 aliphatic rings. The Morgan fingerprint density at radius 2 is 1.15 bits per heavy atom. The Morgan fingerprint density at radius 3 is 1.45 bits per heavy atom. The molecule has 1 saturated carbocycles. The molecule has 2 rings (SSSR count). The van der Waals surface area contributed by atoms with Crippen LogP contribution in [0.2, 0.25) is 0 Å². The molecule has 20 heavy (non-hydrogen) atoms. The second kappa shape index (κ2) is 9.14. The Balaban J connectivity index is 0.000000200. The first-order valence-corrected chi connectivity index (χ1v) is 7.33. The van der Waals surface area contributed by atoms with E-state index in [1.165, 1.54) is 25.7 Å². The van der Waals surface area contributed by atoms with Crippen molar-refractivity contribution < 1.29 is 0 Å². The predicted octanol–water partition coefficient (Wildman–Crippen LogP) is 6.14. The minimum atomic E-state index is 0.788. The maximum Gasteiger partial charge on any atom is -0.0236 e. The predicted molar refractivity (Wildman–Crippen MR) is 92.5 cm³/mol. The van der Waals surface area contributed by atoms with Crippen LogP contribution in [0, 0.1) is 11.8 Å². The molecule has 0 atom stereocenters. The van der Waals surface area contributed by atoms with Crippen LogP contribution in [0.15, 0.2) is 62.7 Å². The van der Waals surface area contributed by atoms with Gasteiger partial charge in [-0.15, -0.1) is 13.2 Å². The fraction of sp³-hybridized carbons (Fsp3) is 0.300. The van der Waals surface area contributed by atoms with E-state index >= 15 is 0 Å². The van der Waals surface area contributed by atoms with Crippen LogP contribution in [-0.2, 0) is 0 Å².